The first-order valence-electron chi connectivity index (χ1n) is 3.73. The zero-order valence-electron chi connectivity index (χ0n) is 7.16. The van der Waals surface area contributed by atoms with Crippen molar-refractivity contribution in [2.45, 2.75) is 12.5 Å². The van der Waals surface area contributed by atoms with Crippen molar-refractivity contribution in [1.29, 1.82) is 0 Å². The molecule has 72 valence electrons. The van der Waals surface area contributed by atoms with Crippen LogP contribution in [0.5, 0.6) is 0 Å². The average Bonchev–Trinajstić information content (AvgIpc) is 2.49. The van der Waals surface area contributed by atoms with Crippen molar-refractivity contribution in [2.24, 2.45) is 5.73 Å². The van der Waals surface area contributed by atoms with Crippen molar-refractivity contribution in [3.63, 3.8) is 0 Å². The number of esters is 1. The second-order valence-electron chi connectivity index (χ2n) is 2.60. The lowest BCUT2D eigenvalue weighted by Crippen LogP contribution is -2.33. The number of carbonyl (C=O) groups is 1. The molecule has 0 bridgehead atoms. The molecule has 0 unspecified atom stereocenters. The van der Waals surface area contributed by atoms with Gasteiger partial charge in [0.25, 0.3) is 0 Å². The fraction of sp³-hybridized carbons (Fsp3) is 0.429. The molecule has 0 aliphatic carbocycles. The van der Waals surface area contributed by atoms with E-state index >= 15 is 0 Å². The van der Waals surface area contributed by atoms with Gasteiger partial charge in [0.1, 0.15) is 6.04 Å². The summed E-state index contributed by atoms with van der Waals surface area (Å²) in [5.74, 6) is -0.498. The number of hydrogen-bond acceptors (Lipinski definition) is 4. The first kappa shape index (κ1) is 9.53. The number of H-pyrrole nitrogens is 2. The smallest absolute Gasteiger partial charge is 0.323 e. The Morgan fingerprint density at radius 2 is 2.46 bits per heavy atom. The molecule has 1 rings (SSSR count). The maximum Gasteiger partial charge on any atom is 0.323 e. The lowest BCUT2D eigenvalue weighted by atomic mass is 10.2. The predicted molar refractivity (Wildman–Crippen MR) is 45.1 cm³/mol. The van der Waals surface area contributed by atoms with E-state index in [-0.39, 0.29) is 12.1 Å². The van der Waals surface area contributed by atoms with Crippen molar-refractivity contribution in [3.8, 4) is 0 Å². The van der Waals surface area contributed by atoms with Crippen molar-refractivity contribution in [1.82, 2.24) is 9.97 Å². The Morgan fingerprint density at radius 1 is 1.77 bits per heavy atom. The minimum atomic E-state index is -0.739. The number of ether oxygens (including phenoxy) is 1. The molecule has 1 aromatic heterocycles. The van der Waals surface area contributed by atoms with E-state index in [1.54, 1.807) is 0 Å². The number of nitrogens with two attached hydrogens (primary N) is 1. The summed E-state index contributed by atoms with van der Waals surface area (Å²) in [5, 5.41) is 0. The van der Waals surface area contributed by atoms with Gasteiger partial charge in [0.2, 0.25) is 0 Å². The number of nitrogens with one attached hydrogen (secondary N) is 2. The summed E-state index contributed by atoms with van der Waals surface area (Å²) in [7, 11) is 1.27. The van der Waals surface area contributed by atoms with Crippen LogP contribution in [0.3, 0.4) is 0 Å². The molecule has 0 fully saturated rings. The minimum absolute atomic E-state index is 0.255. The molecule has 0 aromatic carbocycles. The fourth-order valence-corrected chi connectivity index (χ4v) is 0.952. The molecule has 0 amide bonds. The first-order chi connectivity index (χ1) is 6.13. The fourth-order valence-electron chi connectivity index (χ4n) is 0.952. The van der Waals surface area contributed by atoms with E-state index in [0.29, 0.717) is 5.69 Å². The SMILES string of the molecule is COC(=O)[C@@H](N)Cc1c[nH]c(=O)[nH]1. The van der Waals surface area contributed by atoms with E-state index < -0.39 is 12.0 Å². The number of carbonyl (C=O) groups excluding carboxylic acids is 1. The van der Waals surface area contributed by atoms with E-state index in [1.807, 2.05) is 0 Å². The lowest BCUT2D eigenvalue weighted by Gasteiger charge is -2.06. The second-order valence-corrected chi connectivity index (χ2v) is 2.60. The molecule has 0 aliphatic heterocycles. The number of rotatable bonds is 3. The zero-order valence-corrected chi connectivity index (χ0v) is 7.16. The molecule has 0 saturated carbocycles. The molecular weight excluding hydrogens is 174 g/mol. The Labute approximate surface area is 74.1 Å². The standard InChI is InChI=1S/C7H11N3O3/c1-13-6(11)5(8)2-4-3-9-7(12)10-4/h3,5H,2,8H2,1H3,(H2,9,10,12)/t5-/m0/s1. The third kappa shape index (κ3) is 2.45. The Morgan fingerprint density at radius 3 is 2.92 bits per heavy atom. The molecule has 6 nitrogen and oxygen atoms in total. The highest BCUT2D eigenvalue weighted by molar-refractivity contribution is 5.75. The summed E-state index contributed by atoms with van der Waals surface area (Å²) in [5.41, 5.74) is 5.73. The normalized spacial score (nSPS) is 12.5. The van der Waals surface area contributed by atoms with Gasteiger partial charge in [-0.3, -0.25) is 4.79 Å². The quantitative estimate of drug-likeness (QED) is 0.512. The number of hydrogen-bond donors (Lipinski definition) is 3. The van der Waals surface area contributed by atoms with Gasteiger partial charge in [-0.05, 0) is 0 Å². The van der Waals surface area contributed by atoms with Crippen LogP contribution in [0.15, 0.2) is 11.0 Å². The van der Waals surface area contributed by atoms with Gasteiger partial charge in [-0.15, -0.1) is 0 Å². The number of aromatic nitrogens is 2. The Kier molecular flexibility index (Phi) is 2.86. The van der Waals surface area contributed by atoms with Crippen molar-refractivity contribution in [2.75, 3.05) is 7.11 Å². The van der Waals surface area contributed by atoms with Crippen LogP contribution in [0, 0.1) is 0 Å². The Hall–Kier alpha value is -1.56. The van der Waals surface area contributed by atoms with Crippen molar-refractivity contribution in [3.05, 3.63) is 22.4 Å². The second kappa shape index (κ2) is 3.90. The van der Waals surface area contributed by atoms with Gasteiger partial charge in [-0.25, -0.2) is 4.79 Å². The lowest BCUT2D eigenvalue weighted by molar-refractivity contribution is -0.142. The largest absolute Gasteiger partial charge is 0.468 e. The van der Waals surface area contributed by atoms with Crippen molar-refractivity contribution < 1.29 is 9.53 Å². The van der Waals surface area contributed by atoms with Gasteiger partial charge >= 0.3 is 11.7 Å². The first-order valence-corrected chi connectivity index (χ1v) is 3.73. The maximum absolute atomic E-state index is 10.9. The van der Waals surface area contributed by atoms with E-state index in [9.17, 15) is 9.59 Å². The molecule has 4 N–H and O–H groups in total. The summed E-state index contributed by atoms with van der Waals surface area (Å²) in [4.78, 5) is 26.4. The minimum Gasteiger partial charge on any atom is -0.468 e. The topological polar surface area (TPSA) is 101 Å². The summed E-state index contributed by atoms with van der Waals surface area (Å²) >= 11 is 0. The molecule has 0 aliphatic rings. The van der Waals surface area contributed by atoms with Crippen molar-refractivity contribution >= 4 is 5.97 Å². The Bertz CT molecular complexity index is 341. The number of methoxy groups -OCH3 is 1. The van der Waals surface area contributed by atoms with Gasteiger partial charge < -0.3 is 20.4 Å². The highest BCUT2D eigenvalue weighted by atomic mass is 16.5. The van der Waals surface area contributed by atoms with Crippen LogP contribution in [0.1, 0.15) is 5.69 Å². The van der Waals surface area contributed by atoms with Crippen LogP contribution in [-0.2, 0) is 16.0 Å². The van der Waals surface area contributed by atoms with Gasteiger partial charge in [-0.1, -0.05) is 0 Å². The molecule has 1 heterocycles. The van der Waals surface area contributed by atoms with Crippen LogP contribution in [0.25, 0.3) is 0 Å². The molecule has 0 radical (unpaired) electrons. The summed E-state index contributed by atoms with van der Waals surface area (Å²) in [6.45, 7) is 0. The summed E-state index contributed by atoms with van der Waals surface area (Å²) < 4.78 is 4.42. The van der Waals surface area contributed by atoms with Crippen LogP contribution < -0.4 is 11.4 Å². The molecule has 0 spiro atoms. The molecule has 0 saturated heterocycles. The average molecular weight is 185 g/mol. The third-order valence-corrected chi connectivity index (χ3v) is 1.60. The zero-order chi connectivity index (χ0) is 9.84. The Balaban J connectivity index is 2.59. The molecule has 6 heteroatoms. The van der Waals surface area contributed by atoms with Crippen LogP contribution in [0.4, 0.5) is 0 Å². The van der Waals surface area contributed by atoms with Crippen LogP contribution in [0.2, 0.25) is 0 Å². The summed E-state index contributed by atoms with van der Waals surface area (Å²) in [6.07, 6.45) is 1.73. The molecular formula is C7H11N3O3. The predicted octanol–water partition coefficient (Wildman–Crippen LogP) is -1.25. The van der Waals surface area contributed by atoms with E-state index in [4.69, 9.17) is 5.73 Å². The van der Waals surface area contributed by atoms with Gasteiger partial charge in [0, 0.05) is 18.3 Å². The monoisotopic (exact) mass is 185 g/mol. The van der Waals surface area contributed by atoms with Gasteiger partial charge in [-0.2, -0.15) is 0 Å². The number of imidazole rings is 1. The van der Waals surface area contributed by atoms with Gasteiger partial charge in [0.15, 0.2) is 0 Å². The van der Waals surface area contributed by atoms with Crippen LogP contribution >= 0.6 is 0 Å². The maximum atomic E-state index is 10.9. The third-order valence-electron chi connectivity index (χ3n) is 1.60. The highest BCUT2D eigenvalue weighted by Crippen LogP contribution is 1.95. The van der Waals surface area contributed by atoms with E-state index in [2.05, 4.69) is 14.7 Å². The highest BCUT2D eigenvalue weighted by Gasteiger charge is 2.14. The van der Waals surface area contributed by atoms with E-state index in [1.165, 1.54) is 13.3 Å². The molecule has 13 heavy (non-hydrogen) atoms. The molecule has 1 atom stereocenters. The summed E-state index contributed by atoms with van der Waals surface area (Å²) in [6, 6.07) is -0.739. The van der Waals surface area contributed by atoms with Gasteiger partial charge in [0.05, 0.1) is 7.11 Å². The van der Waals surface area contributed by atoms with E-state index in [0.717, 1.165) is 0 Å². The van der Waals surface area contributed by atoms with Crippen LogP contribution in [-0.4, -0.2) is 29.1 Å². The molecule has 1 aromatic rings. The number of aromatic amines is 2.